The van der Waals surface area contributed by atoms with Crippen LogP contribution >= 0.6 is 11.8 Å². The minimum atomic E-state index is -0.927. The third-order valence-corrected chi connectivity index (χ3v) is 18.7. The third-order valence-electron chi connectivity index (χ3n) is 17.4. The number of phenols is 6. The van der Waals surface area contributed by atoms with Gasteiger partial charge in [-0.2, -0.15) is 0 Å². The van der Waals surface area contributed by atoms with Crippen molar-refractivity contribution in [3.63, 3.8) is 0 Å². The molecular formula is C70H66BN3O7S. The molecule has 0 spiro atoms. The molecule has 0 bridgehead atoms. The summed E-state index contributed by atoms with van der Waals surface area (Å²) in [7, 11) is 0. The van der Waals surface area contributed by atoms with Crippen LogP contribution in [0, 0.1) is 27.7 Å². The third kappa shape index (κ3) is 7.70. The number of benzene rings is 9. The van der Waals surface area contributed by atoms with Crippen molar-refractivity contribution in [1.29, 1.82) is 0 Å². The molecule has 10 aromatic rings. The molecule has 0 amide bonds. The van der Waals surface area contributed by atoms with Crippen LogP contribution in [0.3, 0.4) is 0 Å². The Morgan fingerprint density at radius 1 is 0.427 bits per heavy atom. The molecule has 13 rings (SSSR count). The highest BCUT2D eigenvalue weighted by Gasteiger charge is 2.46. The zero-order chi connectivity index (χ0) is 58.1. The van der Waals surface area contributed by atoms with Crippen LogP contribution in [0.4, 0.5) is 51.2 Å². The van der Waals surface area contributed by atoms with Gasteiger partial charge in [0, 0.05) is 55.4 Å². The smallest absolute Gasteiger partial charge is 0.252 e. The minimum absolute atomic E-state index is 0.0551. The molecule has 9 aromatic carbocycles. The van der Waals surface area contributed by atoms with E-state index in [1.165, 1.54) is 22.3 Å². The predicted molar refractivity (Wildman–Crippen MR) is 337 cm³/mol. The molecule has 1 aromatic heterocycles. The fourth-order valence-corrected chi connectivity index (χ4v) is 14.0. The van der Waals surface area contributed by atoms with Crippen molar-refractivity contribution in [2.24, 2.45) is 0 Å². The first kappa shape index (κ1) is 52.7. The van der Waals surface area contributed by atoms with Gasteiger partial charge in [0.05, 0.1) is 10.6 Å². The Labute approximate surface area is 483 Å². The molecule has 6 N–H and O–H groups in total. The summed E-state index contributed by atoms with van der Waals surface area (Å²) in [5.74, 6) is -3.95. The summed E-state index contributed by atoms with van der Waals surface area (Å²) in [6.45, 7) is 28.0. The summed E-state index contributed by atoms with van der Waals surface area (Å²) in [4.78, 5) is 6.93. The average molecular weight is 1100 g/mol. The van der Waals surface area contributed by atoms with Crippen LogP contribution in [0.25, 0.3) is 33.1 Å². The second-order valence-electron chi connectivity index (χ2n) is 25.7. The summed E-state index contributed by atoms with van der Waals surface area (Å²) in [6.07, 6.45) is 0. The Balaban J connectivity index is 1.13. The summed E-state index contributed by atoms with van der Waals surface area (Å²) >= 11 is 1.03. The van der Waals surface area contributed by atoms with Gasteiger partial charge in [0.2, 0.25) is 11.5 Å². The van der Waals surface area contributed by atoms with Gasteiger partial charge in [-0.25, -0.2) is 0 Å². The molecule has 3 aliphatic heterocycles. The molecule has 0 radical (unpaired) electrons. The number of anilines is 9. The van der Waals surface area contributed by atoms with Gasteiger partial charge in [0.25, 0.3) is 6.71 Å². The van der Waals surface area contributed by atoms with Crippen molar-refractivity contribution >= 4 is 108 Å². The van der Waals surface area contributed by atoms with Crippen molar-refractivity contribution < 1.29 is 35.1 Å². The molecule has 0 fully saturated rings. The lowest BCUT2D eigenvalue weighted by atomic mass is 9.33. The number of phenolic OH excluding ortho intramolecular Hbond substituents is 6. The quantitative estimate of drug-likeness (QED) is 0.0569. The minimum Gasteiger partial charge on any atom is -0.504 e. The second kappa shape index (κ2) is 17.9. The standard InChI is InChI=1S/C70H66BN3O7S/c1-35-29-41(69(8,9)10)30-36(2)56(35)74-50-28-23-40(68(5,6)7)31-49(50)71-48-27-26-44(73-57-60(76)59(75)37(3)38(4)66(57)82-67-58(73)61(77)62(78)63(79)64(67)80)34-51(48)72(52-32-42(70(11,12)13)33-53(74)55(52)71)43-24-21-39(22-25-43)45-18-16-19-47-46-17-14-15-20-54(46)81-65(45)47/h14-34,75-80H,1-13H3. The molecule has 0 aliphatic carbocycles. The summed E-state index contributed by atoms with van der Waals surface area (Å²) < 4.78 is 6.57. The van der Waals surface area contributed by atoms with Gasteiger partial charge in [0.15, 0.2) is 23.0 Å². The molecule has 0 saturated carbocycles. The molecular weight excluding hydrogens is 1040 g/mol. The molecule has 82 heavy (non-hydrogen) atoms. The van der Waals surface area contributed by atoms with E-state index in [0.29, 0.717) is 21.7 Å². The molecule has 10 nitrogen and oxygen atoms in total. The topological polar surface area (TPSA) is 144 Å². The maximum atomic E-state index is 12.2. The average Bonchev–Trinajstić information content (AvgIpc) is 1.12. The van der Waals surface area contributed by atoms with E-state index < -0.39 is 28.7 Å². The van der Waals surface area contributed by atoms with Gasteiger partial charge >= 0.3 is 0 Å². The maximum absolute atomic E-state index is 12.2. The number of rotatable bonds is 4. The normalized spacial score (nSPS) is 13.8. The van der Waals surface area contributed by atoms with Crippen LogP contribution in [0.15, 0.2) is 142 Å². The van der Waals surface area contributed by atoms with E-state index in [2.05, 4.69) is 183 Å². The summed E-state index contributed by atoms with van der Waals surface area (Å²) in [6, 6.07) is 45.4. The van der Waals surface area contributed by atoms with E-state index in [4.69, 9.17) is 4.42 Å². The SMILES string of the molecule is Cc1cc(C(C)(C)C)cc(C)c1N1c2ccc(C(C)(C)C)cc2B2c3ccc(N4c5c(O)c(O)c(C)c(C)c5Sc5c(O)c(O)c(O)c(O)c54)cc3N(c3ccc(-c4cccc5c4oc4ccccc45)cc3)c3cc(C(C)(C)C)cc1c32. The first-order chi connectivity index (χ1) is 38.7. The van der Waals surface area contributed by atoms with Gasteiger partial charge in [-0.05, 0) is 153 Å². The van der Waals surface area contributed by atoms with Crippen LogP contribution in [-0.2, 0) is 16.2 Å². The Kier molecular flexibility index (Phi) is 11.5. The van der Waals surface area contributed by atoms with Crippen LogP contribution in [0.2, 0.25) is 0 Å². The first-order valence-corrected chi connectivity index (χ1v) is 28.8. The summed E-state index contributed by atoms with van der Waals surface area (Å²) in [5, 5.41) is 71.9. The van der Waals surface area contributed by atoms with E-state index in [9.17, 15) is 30.6 Å². The van der Waals surface area contributed by atoms with E-state index in [0.717, 1.165) is 101 Å². The maximum Gasteiger partial charge on any atom is 0.252 e. The number of hydrogen-bond acceptors (Lipinski definition) is 11. The Morgan fingerprint density at radius 2 is 1.01 bits per heavy atom. The van der Waals surface area contributed by atoms with Crippen LogP contribution < -0.4 is 31.1 Å². The lowest BCUT2D eigenvalue weighted by molar-refractivity contribution is 0.341. The molecule has 0 unspecified atom stereocenters. The van der Waals surface area contributed by atoms with E-state index in [1.807, 2.05) is 37.3 Å². The highest BCUT2D eigenvalue weighted by molar-refractivity contribution is 8.00. The molecule has 412 valence electrons. The molecule has 3 aliphatic rings. The fraction of sp³-hybridized carbons (Fsp3) is 0.229. The number of nitrogens with zero attached hydrogens (tertiary/aromatic N) is 3. The first-order valence-electron chi connectivity index (χ1n) is 28.0. The number of aryl methyl sites for hydroxylation is 2. The van der Waals surface area contributed by atoms with Gasteiger partial charge in [-0.3, -0.25) is 0 Å². The zero-order valence-corrected chi connectivity index (χ0v) is 49.4. The molecule has 4 heterocycles. The summed E-state index contributed by atoms with van der Waals surface area (Å²) in [5.41, 5.74) is 19.6. The predicted octanol–water partition coefficient (Wildman–Crippen LogP) is 16.6. The van der Waals surface area contributed by atoms with Crippen molar-refractivity contribution in [3.8, 4) is 45.6 Å². The zero-order valence-electron chi connectivity index (χ0n) is 48.5. The van der Waals surface area contributed by atoms with Crippen molar-refractivity contribution in [3.05, 3.63) is 166 Å². The van der Waals surface area contributed by atoms with Crippen LogP contribution in [0.1, 0.15) is 101 Å². The monoisotopic (exact) mass is 1100 g/mol. The van der Waals surface area contributed by atoms with E-state index in [-0.39, 0.29) is 45.0 Å². The van der Waals surface area contributed by atoms with Gasteiger partial charge in [-0.1, -0.05) is 153 Å². The number of para-hydroxylation sites is 2. The van der Waals surface area contributed by atoms with Crippen LogP contribution in [0.5, 0.6) is 34.5 Å². The number of aromatic hydroxyl groups is 6. The lowest BCUT2D eigenvalue weighted by Gasteiger charge is -2.46. The number of hydrogen-bond donors (Lipinski definition) is 6. The fourth-order valence-electron chi connectivity index (χ4n) is 12.7. The Morgan fingerprint density at radius 3 is 1.68 bits per heavy atom. The van der Waals surface area contributed by atoms with E-state index >= 15 is 0 Å². The number of fused-ring (bicyclic) bond motifs is 9. The Hall–Kier alpha value is -8.61. The molecule has 0 atom stereocenters. The van der Waals surface area contributed by atoms with Gasteiger partial charge in [0.1, 0.15) is 22.5 Å². The largest absolute Gasteiger partial charge is 0.504 e. The van der Waals surface area contributed by atoms with Crippen molar-refractivity contribution in [2.45, 2.75) is 116 Å². The number of furan rings is 1. The van der Waals surface area contributed by atoms with Crippen molar-refractivity contribution in [2.75, 3.05) is 14.7 Å². The van der Waals surface area contributed by atoms with Crippen molar-refractivity contribution in [1.82, 2.24) is 0 Å². The van der Waals surface area contributed by atoms with Gasteiger partial charge in [-0.15, -0.1) is 0 Å². The molecule has 0 saturated heterocycles. The highest BCUT2D eigenvalue weighted by atomic mass is 32.2. The Bertz CT molecular complexity index is 4320. The molecule has 12 heteroatoms. The van der Waals surface area contributed by atoms with Gasteiger partial charge < -0.3 is 49.8 Å². The lowest BCUT2D eigenvalue weighted by Crippen LogP contribution is -2.61. The highest BCUT2D eigenvalue weighted by Crippen LogP contribution is 2.66. The van der Waals surface area contributed by atoms with Crippen LogP contribution in [-0.4, -0.2) is 37.4 Å². The van der Waals surface area contributed by atoms with E-state index in [1.54, 1.807) is 11.8 Å². The second-order valence-corrected chi connectivity index (χ2v) is 26.7.